The fraction of sp³-hybridized carbons (Fsp3) is 0.538. The second-order valence-electron chi connectivity index (χ2n) is 9.14. The van der Waals surface area contributed by atoms with Gasteiger partial charge in [-0.2, -0.15) is 8.78 Å². The quantitative estimate of drug-likeness (QED) is 0.248. The molecule has 1 aliphatic rings. The third-order valence-electron chi connectivity index (χ3n) is 5.88. The third-order valence-corrected chi connectivity index (χ3v) is 6.15. The van der Waals surface area contributed by atoms with E-state index in [0.29, 0.717) is 18.0 Å². The Morgan fingerprint density at radius 2 is 2.03 bits per heavy atom. The fourth-order valence-corrected chi connectivity index (χ4v) is 3.71. The molecule has 0 bridgehead atoms. The molecule has 1 aromatic heterocycles. The van der Waals surface area contributed by atoms with Crippen LogP contribution >= 0.6 is 11.6 Å². The van der Waals surface area contributed by atoms with Crippen molar-refractivity contribution in [3.63, 3.8) is 0 Å². The zero-order chi connectivity index (χ0) is 26.9. The number of allylic oxidation sites excluding steroid dienone is 4. The first-order chi connectivity index (χ1) is 17.0. The summed E-state index contributed by atoms with van der Waals surface area (Å²) in [4.78, 5) is 16.4. The molecule has 10 heteroatoms. The average Bonchev–Trinajstić information content (AvgIpc) is 2.81. The van der Waals surface area contributed by atoms with Crippen LogP contribution in [0.25, 0.3) is 0 Å². The zero-order valence-corrected chi connectivity index (χ0v) is 21.7. The van der Waals surface area contributed by atoms with Crippen molar-refractivity contribution in [2.24, 2.45) is 17.8 Å². The topological polar surface area (TPSA) is 63.2 Å². The molecule has 1 amide bonds. The van der Waals surface area contributed by atoms with Crippen molar-refractivity contribution in [3.8, 4) is 5.88 Å². The number of alkyl halides is 4. The Morgan fingerprint density at radius 1 is 1.31 bits per heavy atom. The molecule has 0 radical (unpaired) electrons. The lowest BCUT2D eigenvalue weighted by Crippen LogP contribution is -2.34. The number of carbonyl (C=O) groups is 1. The zero-order valence-electron chi connectivity index (χ0n) is 21.0. The maximum Gasteiger partial charge on any atom is 0.340 e. The SMILES string of the molecule is CC[C@@H](C)C1/C=C\CC/C=C(NC(=O)C(C)C)\C1=C\NCc1cnc(OCC(F)(F)C(F)F)c(Cl)c1. The Bertz CT molecular complexity index is 980. The molecule has 0 saturated heterocycles. The van der Waals surface area contributed by atoms with Crippen LogP contribution in [0.2, 0.25) is 5.02 Å². The minimum absolute atomic E-state index is 0.0661. The Labute approximate surface area is 215 Å². The van der Waals surface area contributed by atoms with Crippen LogP contribution < -0.4 is 15.4 Å². The molecule has 2 rings (SSSR count). The first kappa shape index (κ1) is 29.7. The van der Waals surface area contributed by atoms with Gasteiger partial charge in [0, 0.05) is 36.5 Å². The number of amides is 1. The predicted octanol–water partition coefficient (Wildman–Crippen LogP) is 6.66. The van der Waals surface area contributed by atoms with E-state index in [0.717, 1.165) is 30.5 Å². The summed E-state index contributed by atoms with van der Waals surface area (Å²) in [7, 11) is 0. The van der Waals surface area contributed by atoms with Gasteiger partial charge in [0.15, 0.2) is 6.61 Å². The molecule has 0 aromatic carbocycles. The molecule has 0 aliphatic heterocycles. The van der Waals surface area contributed by atoms with Gasteiger partial charge in [-0.25, -0.2) is 13.8 Å². The molecular weight excluding hydrogens is 498 g/mol. The van der Waals surface area contributed by atoms with E-state index >= 15 is 0 Å². The largest absolute Gasteiger partial charge is 0.470 e. The number of aromatic nitrogens is 1. The van der Waals surface area contributed by atoms with Crippen molar-refractivity contribution in [2.75, 3.05) is 6.61 Å². The van der Waals surface area contributed by atoms with Gasteiger partial charge >= 0.3 is 12.3 Å². The van der Waals surface area contributed by atoms with Crippen molar-refractivity contribution in [3.05, 3.63) is 58.5 Å². The standard InChI is InChI=1S/C26H34ClF4N3O2/c1-5-17(4)19-9-7-6-8-10-22(34-23(35)16(2)3)20(19)14-32-12-18-11-21(27)24(33-13-18)36-15-26(30,31)25(28)29/h7,9-11,13-14,16-17,19,25,32H,5-6,8,12,15H2,1-4H3,(H,34,35)/b9-7-,20-14+,22-10+/t17-,19?/m1/s1. The molecule has 0 spiro atoms. The first-order valence-electron chi connectivity index (χ1n) is 12.0. The van der Waals surface area contributed by atoms with E-state index in [-0.39, 0.29) is 28.6 Å². The van der Waals surface area contributed by atoms with Gasteiger partial charge < -0.3 is 15.4 Å². The Balaban J connectivity index is 2.21. The molecule has 200 valence electrons. The first-order valence-corrected chi connectivity index (χ1v) is 12.4. The van der Waals surface area contributed by atoms with Crippen LogP contribution in [0, 0.1) is 17.8 Å². The van der Waals surface area contributed by atoms with Crippen molar-refractivity contribution >= 4 is 17.5 Å². The summed E-state index contributed by atoms with van der Waals surface area (Å²) in [6, 6.07) is 1.47. The monoisotopic (exact) mass is 531 g/mol. The summed E-state index contributed by atoms with van der Waals surface area (Å²) in [5.74, 6) is -4.48. The van der Waals surface area contributed by atoms with Gasteiger partial charge in [0.1, 0.15) is 5.02 Å². The molecule has 36 heavy (non-hydrogen) atoms. The molecule has 1 aromatic rings. The highest BCUT2D eigenvalue weighted by Gasteiger charge is 2.42. The molecule has 1 aliphatic carbocycles. The second kappa shape index (κ2) is 13.7. The van der Waals surface area contributed by atoms with Crippen molar-refractivity contribution in [1.29, 1.82) is 0 Å². The molecule has 0 fully saturated rings. The fourth-order valence-electron chi connectivity index (χ4n) is 3.47. The number of hydrogen-bond acceptors (Lipinski definition) is 4. The van der Waals surface area contributed by atoms with Gasteiger partial charge in [-0.1, -0.05) is 63.9 Å². The molecular formula is C26H34ClF4N3O2. The number of pyridine rings is 1. The summed E-state index contributed by atoms with van der Waals surface area (Å²) in [5.41, 5.74) is 2.35. The number of rotatable bonds is 11. The smallest absolute Gasteiger partial charge is 0.340 e. The van der Waals surface area contributed by atoms with E-state index in [1.807, 2.05) is 26.1 Å². The lowest BCUT2D eigenvalue weighted by atomic mass is 9.82. The number of hydrogen-bond donors (Lipinski definition) is 2. The second-order valence-corrected chi connectivity index (χ2v) is 9.55. The van der Waals surface area contributed by atoms with Crippen LogP contribution in [0.4, 0.5) is 17.6 Å². The molecule has 2 atom stereocenters. The van der Waals surface area contributed by atoms with E-state index in [1.54, 1.807) is 0 Å². The molecule has 2 N–H and O–H groups in total. The average molecular weight is 532 g/mol. The highest BCUT2D eigenvalue weighted by molar-refractivity contribution is 6.31. The lowest BCUT2D eigenvalue weighted by molar-refractivity contribution is -0.148. The number of nitrogens with one attached hydrogen (secondary N) is 2. The van der Waals surface area contributed by atoms with E-state index < -0.39 is 19.0 Å². The highest BCUT2D eigenvalue weighted by atomic mass is 35.5. The van der Waals surface area contributed by atoms with Gasteiger partial charge in [0.2, 0.25) is 11.8 Å². The molecule has 1 heterocycles. The summed E-state index contributed by atoms with van der Waals surface area (Å²) in [6.45, 7) is 6.73. The number of ether oxygens (including phenoxy) is 1. The van der Waals surface area contributed by atoms with Crippen LogP contribution in [0.1, 0.15) is 52.5 Å². The minimum atomic E-state index is -4.30. The van der Waals surface area contributed by atoms with Crippen LogP contribution in [0.3, 0.4) is 0 Å². The minimum Gasteiger partial charge on any atom is -0.470 e. The molecule has 5 nitrogen and oxygen atoms in total. The van der Waals surface area contributed by atoms with Gasteiger partial charge in [0.25, 0.3) is 0 Å². The van der Waals surface area contributed by atoms with Crippen LogP contribution in [-0.2, 0) is 11.3 Å². The van der Waals surface area contributed by atoms with Crippen LogP contribution in [0.15, 0.2) is 48.0 Å². The van der Waals surface area contributed by atoms with Crippen molar-refractivity contribution in [2.45, 2.75) is 65.9 Å². The van der Waals surface area contributed by atoms with E-state index in [4.69, 9.17) is 16.3 Å². The van der Waals surface area contributed by atoms with Gasteiger partial charge in [-0.3, -0.25) is 4.79 Å². The molecule has 1 unspecified atom stereocenters. The Kier molecular flexibility index (Phi) is 11.3. The number of halogens is 5. The number of carbonyl (C=O) groups excluding carboxylic acids is 1. The normalized spacial score (nSPS) is 20.9. The van der Waals surface area contributed by atoms with E-state index in [9.17, 15) is 22.4 Å². The lowest BCUT2D eigenvalue weighted by Gasteiger charge is -2.27. The van der Waals surface area contributed by atoms with Crippen LogP contribution in [0.5, 0.6) is 5.88 Å². The Hall–Kier alpha value is -2.55. The molecule has 0 saturated carbocycles. The third kappa shape index (κ3) is 8.54. The summed E-state index contributed by atoms with van der Waals surface area (Å²) in [5, 5.41) is 6.23. The summed E-state index contributed by atoms with van der Waals surface area (Å²) < 4.78 is 55.6. The van der Waals surface area contributed by atoms with Gasteiger partial charge in [0.05, 0.1) is 0 Å². The maximum atomic E-state index is 13.1. The number of nitrogens with zero attached hydrogens (tertiary/aromatic N) is 1. The maximum absolute atomic E-state index is 13.1. The summed E-state index contributed by atoms with van der Waals surface area (Å²) >= 11 is 6.07. The Morgan fingerprint density at radius 3 is 2.64 bits per heavy atom. The summed E-state index contributed by atoms with van der Waals surface area (Å²) in [6.07, 6.45) is 8.37. The van der Waals surface area contributed by atoms with Gasteiger partial charge in [-0.15, -0.1) is 0 Å². The van der Waals surface area contributed by atoms with E-state index in [2.05, 4.69) is 41.6 Å². The van der Waals surface area contributed by atoms with Crippen molar-refractivity contribution in [1.82, 2.24) is 15.6 Å². The highest BCUT2D eigenvalue weighted by Crippen LogP contribution is 2.31. The predicted molar refractivity (Wildman–Crippen MR) is 133 cm³/mol. The van der Waals surface area contributed by atoms with E-state index in [1.165, 1.54) is 12.3 Å². The van der Waals surface area contributed by atoms with Gasteiger partial charge in [-0.05, 0) is 36.0 Å². The van der Waals surface area contributed by atoms with Crippen LogP contribution in [-0.4, -0.2) is 29.8 Å². The van der Waals surface area contributed by atoms with Crippen molar-refractivity contribution < 1.29 is 27.1 Å².